The van der Waals surface area contributed by atoms with Gasteiger partial charge in [0.25, 0.3) is 5.91 Å². The maximum Gasteiger partial charge on any atom is 0.415 e. The fourth-order valence-corrected chi connectivity index (χ4v) is 3.11. The van der Waals surface area contributed by atoms with Crippen LogP contribution in [0.2, 0.25) is 0 Å². The summed E-state index contributed by atoms with van der Waals surface area (Å²) in [7, 11) is 11.2. The summed E-state index contributed by atoms with van der Waals surface area (Å²) in [4.78, 5) is 24.9. The number of fused-ring (bicyclic) bond motifs is 1. The lowest BCUT2D eigenvalue weighted by Crippen LogP contribution is -2.28. The van der Waals surface area contributed by atoms with E-state index in [-0.39, 0.29) is 34.4 Å². The van der Waals surface area contributed by atoms with Crippen LogP contribution in [0.15, 0.2) is 54.7 Å². The molecule has 7 nitrogen and oxygen atoms in total. The third-order valence-corrected chi connectivity index (χ3v) is 4.56. The Hall–Kier alpha value is -4.08. The Balaban J connectivity index is 1.65. The molecule has 0 bridgehead atoms. The molecule has 4 aromatic rings. The monoisotopic (exact) mass is 445 g/mol. The van der Waals surface area contributed by atoms with E-state index in [2.05, 4.69) is 20.3 Å². The molecular formula is C21H12B2F3N5O2. The first-order valence-corrected chi connectivity index (χ1v) is 9.35. The van der Waals surface area contributed by atoms with Crippen molar-refractivity contribution >= 4 is 55.1 Å². The Morgan fingerprint density at radius 3 is 2.52 bits per heavy atom. The molecule has 0 saturated carbocycles. The van der Waals surface area contributed by atoms with Crippen LogP contribution in [0, 0.1) is 0 Å². The number of benzene rings is 2. The second-order valence-corrected chi connectivity index (χ2v) is 6.86. The van der Waals surface area contributed by atoms with Crippen LogP contribution in [0.3, 0.4) is 0 Å². The molecular weight excluding hydrogens is 433 g/mol. The second-order valence-electron chi connectivity index (χ2n) is 6.86. The van der Waals surface area contributed by atoms with Crippen LogP contribution in [-0.2, 0) is 6.18 Å². The number of amides is 1. The van der Waals surface area contributed by atoms with Gasteiger partial charge in [-0.3, -0.25) is 4.79 Å². The topological polar surface area (TPSA) is 103 Å². The van der Waals surface area contributed by atoms with Crippen molar-refractivity contribution < 1.29 is 22.7 Å². The van der Waals surface area contributed by atoms with Gasteiger partial charge in [0.2, 0.25) is 17.7 Å². The Bertz CT molecular complexity index is 1380. The number of aromatic nitrogens is 3. The fourth-order valence-electron chi connectivity index (χ4n) is 3.11. The van der Waals surface area contributed by atoms with E-state index in [1.54, 1.807) is 18.2 Å². The molecule has 0 unspecified atom stereocenters. The van der Waals surface area contributed by atoms with Crippen molar-refractivity contribution in [2.75, 3.05) is 11.1 Å². The molecule has 2 aromatic carbocycles. The van der Waals surface area contributed by atoms with Crippen LogP contribution in [0.4, 0.5) is 24.8 Å². The number of carbonyl (C=O) groups excluding carboxylic acids is 1. The van der Waals surface area contributed by atoms with Gasteiger partial charge in [-0.1, -0.05) is 23.1 Å². The van der Waals surface area contributed by atoms with E-state index < -0.39 is 23.1 Å². The number of halogens is 3. The molecule has 0 saturated heterocycles. The highest BCUT2D eigenvalue weighted by atomic mass is 19.4. The number of carbonyl (C=O) groups is 1. The fraction of sp³-hybridized carbons (Fsp3) is 0.0476. The van der Waals surface area contributed by atoms with Gasteiger partial charge in [-0.2, -0.15) is 18.2 Å². The summed E-state index contributed by atoms with van der Waals surface area (Å²) in [5.74, 6) is -0.291. The molecule has 4 radical (unpaired) electrons. The minimum Gasteiger partial charge on any atom is -0.421 e. The maximum atomic E-state index is 13.2. The molecule has 12 heteroatoms. The molecule has 1 amide bonds. The predicted molar refractivity (Wildman–Crippen MR) is 118 cm³/mol. The second kappa shape index (κ2) is 8.45. The molecule has 0 aliphatic heterocycles. The van der Waals surface area contributed by atoms with Crippen LogP contribution in [0.25, 0.3) is 10.9 Å². The van der Waals surface area contributed by atoms with Crippen LogP contribution < -0.4 is 26.7 Å². The van der Waals surface area contributed by atoms with E-state index in [1.165, 1.54) is 24.4 Å². The van der Waals surface area contributed by atoms with E-state index in [1.807, 2.05) is 0 Å². The lowest BCUT2D eigenvalue weighted by atomic mass is 9.82. The number of pyridine rings is 1. The van der Waals surface area contributed by atoms with Gasteiger partial charge in [-0.05, 0) is 24.3 Å². The number of nitrogens with one attached hydrogen (secondary N) is 1. The molecule has 160 valence electrons. The lowest BCUT2D eigenvalue weighted by molar-refractivity contribution is -0.136. The summed E-state index contributed by atoms with van der Waals surface area (Å²) in [6.45, 7) is 0. The summed E-state index contributed by atoms with van der Waals surface area (Å²) in [6.07, 6.45) is -3.31. The maximum absolute atomic E-state index is 13.2. The molecule has 4 rings (SSSR count). The number of nitrogens with zero attached hydrogens (tertiary/aromatic N) is 3. The summed E-state index contributed by atoms with van der Waals surface area (Å²) in [5.41, 5.74) is 3.87. The van der Waals surface area contributed by atoms with Gasteiger partial charge in [0, 0.05) is 40.5 Å². The lowest BCUT2D eigenvalue weighted by Gasteiger charge is -2.17. The van der Waals surface area contributed by atoms with Crippen molar-refractivity contribution in [3.8, 4) is 11.8 Å². The molecule has 0 aliphatic rings. The largest absolute Gasteiger partial charge is 0.421 e. The average molecular weight is 445 g/mol. The molecule has 33 heavy (non-hydrogen) atoms. The van der Waals surface area contributed by atoms with E-state index in [4.69, 9.17) is 26.2 Å². The minimum absolute atomic E-state index is 0.0294. The van der Waals surface area contributed by atoms with Gasteiger partial charge in [0.1, 0.15) is 15.7 Å². The summed E-state index contributed by atoms with van der Waals surface area (Å²) < 4.78 is 45.2. The Morgan fingerprint density at radius 2 is 1.79 bits per heavy atom. The van der Waals surface area contributed by atoms with Crippen LogP contribution in [0.1, 0.15) is 15.9 Å². The number of ether oxygens (including phenoxy) is 1. The van der Waals surface area contributed by atoms with Crippen molar-refractivity contribution in [1.82, 2.24) is 15.0 Å². The van der Waals surface area contributed by atoms with Gasteiger partial charge in [0.05, 0.1) is 5.52 Å². The molecule has 0 aliphatic carbocycles. The van der Waals surface area contributed by atoms with Crippen molar-refractivity contribution in [1.29, 1.82) is 0 Å². The van der Waals surface area contributed by atoms with E-state index in [0.717, 1.165) is 6.07 Å². The van der Waals surface area contributed by atoms with Crippen molar-refractivity contribution in [3.63, 3.8) is 0 Å². The Morgan fingerprint density at radius 1 is 1.03 bits per heavy atom. The predicted octanol–water partition coefficient (Wildman–Crippen LogP) is 2.26. The molecule has 0 fully saturated rings. The Labute approximate surface area is 188 Å². The van der Waals surface area contributed by atoms with Crippen molar-refractivity contribution in [2.45, 2.75) is 6.18 Å². The summed E-state index contributed by atoms with van der Waals surface area (Å²) >= 11 is 0. The van der Waals surface area contributed by atoms with E-state index >= 15 is 0 Å². The number of hydrogen-bond acceptors (Lipinski definition) is 6. The molecule has 0 atom stereocenters. The van der Waals surface area contributed by atoms with Gasteiger partial charge in [0.15, 0.2) is 0 Å². The first-order chi connectivity index (χ1) is 15.6. The van der Waals surface area contributed by atoms with E-state index in [0.29, 0.717) is 17.0 Å². The van der Waals surface area contributed by atoms with Gasteiger partial charge >= 0.3 is 6.18 Å². The first kappa shape index (κ1) is 22.1. The first-order valence-electron chi connectivity index (χ1n) is 9.35. The molecule has 2 heterocycles. The normalized spacial score (nSPS) is 11.4. The van der Waals surface area contributed by atoms with Crippen molar-refractivity contribution in [2.24, 2.45) is 0 Å². The smallest absolute Gasteiger partial charge is 0.415 e. The summed E-state index contributed by atoms with van der Waals surface area (Å²) in [5, 5.41) is 2.83. The highest BCUT2D eigenvalue weighted by Crippen LogP contribution is 2.29. The van der Waals surface area contributed by atoms with Gasteiger partial charge < -0.3 is 15.8 Å². The zero-order chi connectivity index (χ0) is 23.8. The average Bonchev–Trinajstić information content (AvgIpc) is 2.74. The number of anilines is 2. The Kier molecular flexibility index (Phi) is 5.67. The highest BCUT2D eigenvalue weighted by molar-refractivity contribution is 6.40. The quantitative estimate of drug-likeness (QED) is 0.468. The third kappa shape index (κ3) is 4.74. The number of hydrogen-bond donors (Lipinski definition) is 2. The number of nitrogen functional groups attached to an aromatic ring is 1. The van der Waals surface area contributed by atoms with Crippen molar-refractivity contribution in [3.05, 3.63) is 65.9 Å². The molecule has 0 spiro atoms. The summed E-state index contributed by atoms with van der Waals surface area (Å²) in [6, 6.07) is 11.2. The van der Waals surface area contributed by atoms with Crippen LogP contribution >= 0.6 is 0 Å². The third-order valence-electron chi connectivity index (χ3n) is 4.56. The zero-order valence-corrected chi connectivity index (χ0v) is 16.7. The minimum atomic E-state index is -4.73. The van der Waals surface area contributed by atoms with Gasteiger partial charge in [-0.25, -0.2) is 9.97 Å². The standard InChI is InChI=1S/C21H12B2F3N5O2/c22-10-8-13(21(24,25)26)18(23)15(9-10)30-19(32)12-2-1-3-14-11(12)4-5-16(29-14)33-17-6-7-28-20(27)31-17/h1-9H,(H,30,32)(H2,27,28,31). The van der Waals surface area contributed by atoms with E-state index in [9.17, 15) is 18.0 Å². The number of alkyl halides is 3. The SMILES string of the molecule is [B]c1cc(NC(=O)c2cccc3nc(Oc4ccnc(N)n4)ccc23)c([B])c(C(F)(F)F)c1. The number of nitrogens with two attached hydrogens (primary N) is 1. The van der Waals surface area contributed by atoms with Crippen LogP contribution in [-0.4, -0.2) is 36.6 Å². The number of rotatable bonds is 4. The zero-order valence-electron chi connectivity index (χ0n) is 16.7. The van der Waals surface area contributed by atoms with Crippen LogP contribution in [0.5, 0.6) is 11.8 Å². The molecule has 3 N–H and O–H groups in total. The molecule has 2 aromatic heterocycles. The van der Waals surface area contributed by atoms with Gasteiger partial charge in [-0.15, -0.1) is 0 Å². The highest BCUT2D eigenvalue weighted by Gasteiger charge is 2.33.